The van der Waals surface area contributed by atoms with Gasteiger partial charge in [0.15, 0.2) is 5.16 Å². The van der Waals surface area contributed by atoms with E-state index in [1.165, 1.54) is 22.6 Å². The molecule has 1 aliphatic heterocycles. The second kappa shape index (κ2) is 9.71. The monoisotopic (exact) mass is 520 g/mol. The summed E-state index contributed by atoms with van der Waals surface area (Å²) in [6, 6.07) is 20.3. The van der Waals surface area contributed by atoms with E-state index in [2.05, 4.69) is 15.3 Å². The minimum absolute atomic E-state index is 0.0168. The van der Waals surface area contributed by atoms with Crippen LogP contribution in [0.4, 0.5) is 15.8 Å². The minimum atomic E-state index is -3.97. The Balaban J connectivity index is 1.41. The van der Waals surface area contributed by atoms with Crippen molar-refractivity contribution in [3.63, 3.8) is 0 Å². The number of hydrogen-bond acceptors (Lipinski definition) is 6. The number of carbonyl (C=O) groups is 1. The van der Waals surface area contributed by atoms with Crippen LogP contribution in [0.3, 0.4) is 0 Å². The van der Waals surface area contributed by atoms with E-state index in [9.17, 15) is 17.6 Å². The molecule has 3 aromatic carbocycles. The van der Waals surface area contributed by atoms with Crippen LogP contribution in [-0.4, -0.2) is 30.0 Å². The Morgan fingerprint density at radius 2 is 1.83 bits per heavy atom. The van der Waals surface area contributed by atoms with Gasteiger partial charge in [-0.1, -0.05) is 54.2 Å². The third-order valence-electron chi connectivity index (χ3n) is 5.60. The molecule has 0 spiro atoms. The number of rotatable bonds is 6. The standard InChI is InChI=1S/C26H21FN4O3S2/c1-17-5-4-6-20(13-17)29-24(32)16-35-26-28-14-23-25(30-26)21-7-2-3-8-22(21)31(36(23,33)34)15-18-9-11-19(27)12-10-18/h2-14H,15-16H2,1H3,(H,29,32). The zero-order valence-corrected chi connectivity index (χ0v) is 20.8. The smallest absolute Gasteiger partial charge is 0.268 e. The van der Waals surface area contributed by atoms with Crippen LogP contribution in [0.15, 0.2) is 89.0 Å². The van der Waals surface area contributed by atoms with Gasteiger partial charge in [0.1, 0.15) is 10.7 Å². The van der Waals surface area contributed by atoms with E-state index >= 15 is 0 Å². The van der Waals surface area contributed by atoms with Gasteiger partial charge in [-0.15, -0.1) is 0 Å². The van der Waals surface area contributed by atoms with Gasteiger partial charge in [0, 0.05) is 11.3 Å². The Bertz CT molecular complexity index is 1560. The molecule has 0 saturated carbocycles. The second-order valence-electron chi connectivity index (χ2n) is 8.23. The first-order chi connectivity index (χ1) is 17.3. The number of aryl methyl sites for hydroxylation is 1. The molecule has 0 saturated heterocycles. The third kappa shape index (κ3) is 4.82. The zero-order valence-electron chi connectivity index (χ0n) is 19.2. The lowest BCUT2D eigenvalue weighted by molar-refractivity contribution is -0.113. The lowest BCUT2D eigenvalue weighted by Crippen LogP contribution is -2.34. The van der Waals surface area contributed by atoms with Crippen LogP contribution in [0.5, 0.6) is 0 Å². The maximum Gasteiger partial charge on any atom is 0.268 e. The van der Waals surface area contributed by atoms with E-state index in [0.717, 1.165) is 17.3 Å². The molecule has 1 amide bonds. The van der Waals surface area contributed by atoms with Crippen LogP contribution < -0.4 is 9.62 Å². The summed E-state index contributed by atoms with van der Waals surface area (Å²) in [5.41, 5.74) is 3.78. The number of thioether (sulfide) groups is 1. The number of para-hydroxylation sites is 1. The molecular weight excluding hydrogens is 499 g/mol. The van der Waals surface area contributed by atoms with Crippen molar-refractivity contribution in [2.75, 3.05) is 15.4 Å². The van der Waals surface area contributed by atoms with Crippen molar-refractivity contribution in [3.8, 4) is 11.3 Å². The van der Waals surface area contributed by atoms with Crippen molar-refractivity contribution < 1.29 is 17.6 Å². The molecule has 0 bridgehead atoms. The first kappa shape index (κ1) is 24.0. The molecule has 0 unspecified atom stereocenters. The van der Waals surface area contributed by atoms with E-state index in [0.29, 0.717) is 27.7 Å². The number of anilines is 2. The average Bonchev–Trinajstić information content (AvgIpc) is 2.86. The SMILES string of the molecule is Cc1cccc(NC(=O)CSc2ncc3c(n2)-c2ccccc2N(Cc2ccc(F)cc2)S3(=O)=O)c1. The highest BCUT2D eigenvalue weighted by atomic mass is 32.2. The Labute approximate surface area is 212 Å². The number of hydrogen-bond donors (Lipinski definition) is 1. The summed E-state index contributed by atoms with van der Waals surface area (Å²) >= 11 is 1.13. The normalized spacial score (nSPS) is 13.6. The van der Waals surface area contributed by atoms with Gasteiger partial charge in [-0.05, 0) is 48.4 Å². The maximum absolute atomic E-state index is 13.5. The largest absolute Gasteiger partial charge is 0.325 e. The van der Waals surface area contributed by atoms with Crippen molar-refractivity contribution in [3.05, 3.63) is 95.9 Å². The minimum Gasteiger partial charge on any atom is -0.325 e. The number of nitrogens with zero attached hydrogens (tertiary/aromatic N) is 3. The average molecular weight is 521 g/mol. The molecular formula is C26H21FN4O3S2. The van der Waals surface area contributed by atoms with Crippen LogP contribution in [0, 0.1) is 12.7 Å². The van der Waals surface area contributed by atoms with Gasteiger partial charge in [0.25, 0.3) is 10.0 Å². The molecule has 0 fully saturated rings. The summed E-state index contributed by atoms with van der Waals surface area (Å²) in [6.07, 6.45) is 1.28. The number of benzene rings is 3. The van der Waals surface area contributed by atoms with E-state index in [1.54, 1.807) is 36.4 Å². The Hall–Kier alpha value is -3.76. The summed E-state index contributed by atoms with van der Waals surface area (Å²) in [5.74, 6) is -0.542. The number of fused-ring (bicyclic) bond motifs is 3. The lowest BCUT2D eigenvalue weighted by Gasteiger charge is -2.31. The number of amides is 1. The van der Waals surface area contributed by atoms with Crippen molar-refractivity contribution in [1.82, 2.24) is 9.97 Å². The van der Waals surface area contributed by atoms with Gasteiger partial charge in [0.2, 0.25) is 5.91 Å². The van der Waals surface area contributed by atoms with Gasteiger partial charge in [-0.2, -0.15) is 0 Å². The lowest BCUT2D eigenvalue weighted by atomic mass is 10.1. The fourth-order valence-corrected chi connectivity index (χ4v) is 6.10. The van der Waals surface area contributed by atoms with Gasteiger partial charge >= 0.3 is 0 Å². The quantitative estimate of drug-likeness (QED) is 0.283. The molecule has 0 aliphatic carbocycles. The molecule has 7 nitrogen and oxygen atoms in total. The maximum atomic E-state index is 13.5. The number of carbonyl (C=O) groups excluding carboxylic acids is 1. The van der Waals surface area contributed by atoms with Crippen LogP contribution in [-0.2, 0) is 21.4 Å². The highest BCUT2D eigenvalue weighted by molar-refractivity contribution is 7.99. The summed E-state index contributed by atoms with van der Waals surface area (Å²) in [6.45, 7) is 1.98. The van der Waals surface area contributed by atoms with Crippen LogP contribution in [0.25, 0.3) is 11.3 Å². The number of nitrogens with one attached hydrogen (secondary N) is 1. The number of aromatic nitrogens is 2. The van der Waals surface area contributed by atoms with E-state index in [1.807, 2.05) is 31.2 Å². The fraction of sp³-hybridized carbons (Fsp3) is 0.115. The molecule has 10 heteroatoms. The van der Waals surface area contributed by atoms with Gasteiger partial charge in [-0.3, -0.25) is 9.10 Å². The van der Waals surface area contributed by atoms with Crippen molar-refractivity contribution >= 4 is 39.1 Å². The zero-order chi connectivity index (χ0) is 25.3. The number of halogens is 1. The Kier molecular flexibility index (Phi) is 6.46. The molecule has 1 aliphatic rings. The highest BCUT2D eigenvalue weighted by Crippen LogP contribution is 2.42. The first-order valence-electron chi connectivity index (χ1n) is 11.0. The molecule has 1 N–H and O–H groups in total. The van der Waals surface area contributed by atoms with Crippen LogP contribution >= 0.6 is 11.8 Å². The van der Waals surface area contributed by atoms with Gasteiger partial charge in [-0.25, -0.2) is 22.8 Å². The molecule has 5 rings (SSSR count). The molecule has 4 aromatic rings. The van der Waals surface area contributed by atoms with Crippen LogP contribution in [0.1, 0.15) is 11.1 Å². The summed E-state index contributed by atoms with van der Waals surface area (Å²) < 4.78 is 41.7. The van der Waals surface area contributed by atoms with Gasteiger partial charge < -0.3 is 5.32 Å². The molecule has 0 atom stereocenters. The molecule has 36 heavy (non-hydrogen) atoms. The summed E-state index contributed by atoms with van der Waals surface area (Å²) in [4.78, 5) is 21.1. The molecule has 182 valence electrons. The summed E-state index contributed by atoms with van der Waals surface area (Å²) in [7, 11) is -3.97. The highest BCUT2D eigenvalue weighted by Gasteiger charge is 2.36. The second-order valence-corrected chi connectivity index (χ2v) is 11.0. The van der Waals surface area contributed by atoms with Crippen LogP contribution in [0.2, 0.25) is 0 Å². The predicted molar refractivity (Wildman–Crippen MR) is 138 cm³/mol. The third-order valence-corrected chi connectivity index (χ3v) is 8.22. The predicted octanol–water partition coefficient (Wildman–Crippen LogP) is 5.03. The number of sulfonamides is 1. The Morgan fingerprint density at radius 1 is 1.06 bits per heavy atom. The van der Waals surface area contributed by atoms with E-state index < -0.39 is 15.8 Å². The van der Waals surface area contributed by atoms with Gasteiger partial charge in [0.05, 0.1) is 29.9 Å². The van der Waals surface area contributed by atoms with E-state index in [-0.39, 0.29) is 28.8 Å². The topological polar surface area (TPSA) is 92.3 Å². The van der Waals surface area contributed by atoms with Crippen molar-refractivity contribution in [2.45, 2.75) is 23.5 Å². The fourth-order valence-electron chi connectivity index (χ4n) is 3.92. The summed E-state index contributed by atoms with van der Waals surface area (Å²) in [5, 5.41) is 3.13. The first-order valence-corrected chi connectivity index (χ1v) is 13.5. The molecule has 2 heterocycles. The molecule has 0 radical (unpaired) electrons. The molecule has 1 aromatic heterocycles. The van der Waals surface area contributed by atoms with Crippen molar-refractivity contribution in [1.29, 1.82) is 0 Å². The Morgan fingerprint density at radius 3 is 2.61 bits per heavy atom. The van der Waals surface area contributed by atoms with Crippen molar-refractivity contribution in [2.24, 2.45) is 0 Å². The van der Waals surface area contributed by atoms with E-state index in [4.69, 9.17) is 0 Å².